The summed E-state index contributed by atoms with van der Waals surface area (Å²) < 4.78 is 5.03. The summed E-state index contributed by atoms with van der Waals surface area (Å²) in [5.74, 6) is 1.92. The first kappa shape index (κ1) is 16.3. The lowest BCUT2D eigenvalue weighted by molar-refractivity contribution is 0.156. The molecule has 1 saturated carbocycles. The van der Waals surface area contributed by atoms with Gasteiger partial charge >= 0.3 is 6.03 Å². The third-order valence-electron chi connectivity index (χ3n) is 4.13. The standard InChI is InChI=1S/C15H30N2O2/c1-10(2)13-7-6-11(3)8-14(13)17-15(18)16-12(4)9-19-5/h10-14H,6-9H2,1-5H3,(H2,16,17,18)/t11-,12?,13+,14?/m1/s1. The molecule has 2 amide bonds. The lowest BCUT2D eigenvalue weighted by Crippen LogP contribution is -2.51. The van der Waals surface area contributed by atoms with Crippen molar-refractivity contribution in [2.75, 3.05) is 13.7 Å². The van der Waals surface area contributed by atoms with Crippen molar-refractivity contribution in [1.82, 2.24) is 10.6 Å². The predicted molar refractivity (Wildman–Crippen MR) is 78.1 cm³/mol. The molecule has 1 fully saturated rings. The Hall–Kier alpha value is -0.770. The monoisotopic (exact) mass is 270 g/mol. The Kier molecular flexibility index (Phi) is 6.63. The van der Waals surface area contributed by atoms with Crippen LogP contribution in [0.25, 0.3) is 0 Å². The number of urea groups is 1. The molecule has 0 heterocycles. The first-order valence-corrected chi connectivity index (χ1v) is 7.50. The molecule has 0 bridgehead atoms. The second kappa shape index (κ2) is 7.73. The van der Waals surface area contributed by atoms with Crippen molar-refractivity contribution in [3.63, 3.8) is 0 Å². The van der Waals surface area contributed by atoms with E-state index in [4.69, 9.17) is 4.74 Å². The van der Waals surface area contributed by atoms with Crippen LogP contribution in [0.5, 0.6) is 0 Å². The number of amides is 2. The van der Waals surface area contributed by atoms with E-state index in [-0.39, 0.29) is 12.1 Å². The van der Waals surface area contributed by atoms with E-state index in [1.807, 2.05) is 6.92 Å². The van der Waals surface area contributed by atoms with Crippen LogP contribution >= 0.6 is 0 Å². The molecule has 2 N–H and O–H groups in total. The maximum Gasteiger partial charge on any atom is 0.315 e. The smallest absolute Gasteiger partial charge is 0.315 e. The fourth-order valence-electron chi connectivity index (χ4n) is 3.09. The van der Waals surface area contributed by atoms with Gasteiger partial charge in [-0.3, -0.25) is 0 Å². The van der Waals surface area contributed by atoms with E-state index < -0.39 is 0 Å². The van der Waals surface area contributed by atoms with Crippen molar-refractivity contribution in [3.8, 4) is 0 Å². The molecule has 112 valence electrons. The van der Waals surface area contributed by atoms with Gasteiger partial charge in [-0.2, -0.15) is 0 Å². The Balaban J connectivity index is 2.49. The number of nitrogens with one attached hydrogen (secondary N) is 2. The Bertz CT molecular complexity index is 281. The Morgan fingerprint density at radius 3 is 2.58 bits per heavy atom. The molecule has 1 aliphatic carbocycles. The summed E-state index contributed by atoms with van der Waals surface area (Å²) in [7, 11) is 1.65. The summed E-state index contributed by atoms with van der Waals surface area (Å²) in [4.78, 5) is 12.0. The molecule has 0 saturated heterocycles. The highest BCUT2D eigenvalue weighted by molar-refractivity contribution is 5.74. The van der Waals surface area contributed by atoms with E-state index in [0.717, 1.165) is 6.42 Å². The average molecular weight is 270 g/mol. The van der Waals surface area contributed by atoms with Gasteiger partial charge in [-0.05, 0) is 37.5 Å². The average Bonchev–Trinajstić information content (AvgIpc) is 2.28. The fourth-order valence-corrected chi connectivity index (χ4v) is 3.09. The summed E-state index contributed by atoms with van der Waals surface area (Å²) in [5, 5.41) is 6.09. The van der Waals surface area contributed by atoms with Crippen molar-refractivity contribution in [2.24, 2.45) is 17.8 Å². The highest BCUT2D eigenvalue weighted by atomic mass is 16.5. The van der Waals surface area contributed by atoms with Gasteiger partial charge < -0.3 is 15.4 Å². The molecule has 0 spiro atoms. The van der Waals surface area contributed by atoms with Gasteiger partial charge in [-0.25, -0.2) is 4.79 Å². The van der Waals surface area contributed by atoms with E-state index >= 15 is 0 Å². The number of rotatable bonds is 5. The van der Waals surface area contributed by atoms with Crippen LogP contribution in [0, 0.1) is 17.8 Å². The summed E-state index contributed by atoms with van der Waals surface area (Å²) in [6, 6.07) is 0.288. The Morgan fingerprint density at radius 2 is 2.00 bits per heavy atom. The van der Waals surface area contributed by atoms with Crippen LogP contribution in [-0.4, -0.2) is 31.8 Å². The zero-order valence-electron chi connectivity index (χ0n) is 13.0. The highest BCUT2D eigenvalue weighted by Gasteiger charge is 2.31. The van der Waals surface area contributed by atoms with Crippen LogP contribution in [0.1, 0.15) is 47.0 Å². The number of hydrogen-bond acceptors (Lipinski definition) is 2. The molecule has 0 aromatic heterocycles. The third kappa shape index (κ3) is 5.39. The molecule has 4 nitrogen and oxygen atoms in total. The van der Waals surface area contributed by atoms with Gasteiger partial charge in [-0.15, -0.1) is 0 Å². The molecule has 0 aromatic rings. The summed E-state index contributed by atoms with van der Waals surface area (Å²) in [5.41, 5.74) is 0. The first-order chi connectivity index (χ1) is 8.93. The van der Waals surface area contributed by atoms with Crippen LogP contribution in [0.4, 0.5) is 4.79 Å². The molecule has 4 heteroatoms. The Labute approximate surface area is 117 Å². The molecular formula is C15H30N2O2. The lowest BCUT2D eigenvalue weighted by atomic mass is 9.74. The maximum atomic E-state index is 12.0. The van der Waals surface area contributed by atoms with Crippen LogP contribution in [0.2, 0.25) is 0 Å². The topological polar surface area (TPSA) is 50.4 Å². The van der Waals surface area contributed by atoms with Crippen molar-refractivity contribution < 1.29 is 9.53 Å². The number of ether oxygens (including phenoxy) is 1. The van der Waals surface area contributed by atoms with E-state index in [1.165, 1.54) is 12.8 Å². The minimum absolute atomic E-state index is 0.0449. The van der Waals surface area contributed by atoms with Gasteiger partial charge in [0.2, 0.25) is 0 Å². The fraction of sp³-hybridized carbons (Fsp3) is 0.933. The predicted octanol–water partition coefficient (Wildman–Crippen LogP) is 2.78. The van der Waals surface area contributed by atoms with Crippen LogP contribution in [0.3, 0.4) is 0 Å². The van der Waals surface area contributed by atoms with E-state index in [2.05, 4.69) is 31.4 Å². The van der Waals surface area contributed by atoms with Crippen molar-refractivity contribution in [3.05, 3.63) is 0 Å². The first-order valence-electron chi connectivity index (χ1n) is 7.50. The van der Waals surface area contributed by atoms with E-state index in [9.17, 15) is 4.79 Å². The van der Waals surface area contributed by atoms with Crippen LogP contribution < -0.4 is 10.6 Å². The van der Waals surface area contributed by atoms with Crippen LogP contribution in [0.15, 0.2) is 0 Å². The zero-order valence-corrected chi connectivity index (χ0v) is 13.0. The summed E-state index contributed by atoms with van der Waals surface area (Å²) in [6.07, 6.45) is 3.59. The zero-order chi connectivity index (χ0) is 14.4. The summed E-state index contributed by atoms with van der Waals surface area (Å²) >= 11 is 0. The van der Waals surface area contributed by atoms with Gasteiger partial charge in [0.05, 0.1) is 12.6 Å². The van der Waals surface area contributed by atoms with Gasteiger partial charge in [0.1, 0.15) is 0 Å². The SMILES string of the molecule is COCC(C)NC(=O)NC1C[C@H](C)CC[C@H]1C(C)C. The molecule has 0 aliphatic heterocycles. The molecule has 2 unspecified atom stereocenters. The lowest BCUT2D eigenvalue weighted by Gasteiger charge is -2.37. The minimum atomic E-state index is -0.0608. The highest BCUT2D eigenvalue weighted by Crippen LogP contribution is 2.33. The molecule has 0 radical (unpaired) electrons. The Morgan fingerprint density at radius 1 is 1.32 bits per heavy atom. The van der Waals surface area contributed by atoms with Crippen molar-refractivity contribution in [2.45, 2.75) is 59.0 Å². The molecular weight excluding hydrogens is 240 g/mol. The number of methoxy groups -OCH3 is 1. The second-order valence-electron chi connectivity index (χ2n) is 6.41. The van der Waals surface area contributed by atoms with Gasteiger partial charge in [0.25, 0.3) is 0 Å². The van der Waals surface area contributed by atoms with E-state index in [1.54, 1.807) is 7.11 Å². The van der Waals surface area contributed by atoms with E-state index in [0.29, 0.717) is 30.4 Å². The minimum Gasteiger partial charge on any atom is -0.383 e. The van der Waals surface area contributed by atoms with Gasteiger partial charge in [0, 0.05) is 13.2 Å². The normalized spacial score (nSPS) is 29.1. The number of carbonyl (C=O) groups is 1. The molecule has 4 atom stereocenters. The summed E-state index contributed by atoms with van der Waals surface area (Å²) in [6.45, 7) is 9.27. The van der Waals surface area contributed by atoms with Gasteiger partial charge in [-0.1, -0.05) is 27.2 Å². The number of hydrogen-bond donors (Lipinski definition) is 2. The van der Waals surface area contributed by atoms with Crippen molar-refractivity contribution >= 4 is 6.03 Å². The van der Waals surface area contributed by atoms with Crippen LogP contribution in [-0.2, 0) is 4.74 Å². The molecule has 19 heavy (non-hydrogen) atoms. The quantitative estimate of drug-likeness (QED) is 0.807. The van der Waals surface area contributed by atoms with Crippen molar-refractivity contribution in [1.29, 1.82) is 0 Å². The largest absolute Gasteiger partial charge is 0.383 e. The molecule has 1 rings (SSSR count). The second-order valence-corrected chi connectivity index (χ2v) is 6.41. The number of carbonyl (C=O) groups excluding carboxylic acids is 1. The molecule has 0 aromatic carbocycles. The third-order valence-corrected chi connectivity index (χ3v) is 4.13. The molecule has 1 aliphatic rings. The van der Waals surface area contributed by atoms with Gasteiger partial charge in [0.15, 0.2) is 0 Å². The maximum absolute atomic E-state index is 12.0.